The highest BCUT2D eigenvalue weighted by Crippen LogP contribution is 2.29. The molecule has 0 saturated carbocycles. The molecular formula is C22H30F6O2. The second-order valence-corrected chi connectivity index (χ2v) is 7.42. The summed E-state index contributed by atoms with van der Waals surface area (Å²) in [5.74, 6) is 0. The lowest BCUT2D eigenvalue weighted by atomic mass is 10.1. The van der Waals surface area contributed by atoms with Gasteiger partial charge in [-0.15, -0.1) is 0 Å². The maximum Gasteiger partial charge on any atom is 0.416 e. The Morgan fingerprint density at radius 3 is 0.733 bits per heavy atom. The molecule has 0 heterocycles. The van der Waals surface area contributed by atoms with Crippen LogP contribution >= 0.6 is 0 Å². The minimum absolute atomic E-state index is 0.701. The minimum atomic E-state index is -4.51. The van der Waals surface area contributed by atoms with Gasteiger partial charge in [0.15, 0.2) is 11.2 Å². The topological polar surface area (TPSA) is 40.5 Å². The molecule has 30 heavy (non-hydrogen) atoms. The number of hydrogen-bond acceptors (Lipinski definition) is 2. The fourth-order valence-electron chi connectivity index (χ4n) is 1.07. The van der Waals surface area contributed by atoms with E-state index in [1.165, 1.54) is 11.1 Å². The van der Waals surface area contributed by atoms with E-state index in [0.717, 1.165) is 0 Å². The van der Waals surface area contributed by atoms with Crippen molar-refractivity contribution < 1.29 is 36.6 Å². The summed E-state index contributed by atoms with van der Waals surface area (Å²) >= 11 is 0. The van der Waals surface area contributed by atoms with E-state index in [4.69, 9.17) is 10.2 Å². The van der Waals surface area contributed by atoms with Gasteiger partial charge >= 0.3 is 12.4 Å². The van der Waals surface area contributed by atoms with Crippen molar-refractivity contribution in [3.05, 3.63) is 71.8 Å². The smallest absolute Gasteiger partial charge is 0.381 e. The Hall–Kier alpha value is -2.06. The zero-order valence-corrected chi connectivity index (χ0v) is 17.9. The summed E-state index contributed by atoms with van der Waals surface area (Å²) in [5, 5.41) is 16.5. The number of aryl methyl sites for hydroxylation is 2. The number of benzene rings is 2. The third kappa shape index (κ3) is 15.8. The summed E-state index contributed by atoms with van der Waals surface area (Å²) in [5.41, 5.74) is -2.48. The van der Waals surface area contributed by atoms with E-state index in [1.54, 1.807) is 0 Å². The van der Waals surface area contributed by atoms with E-state index in [2.05, 4.69) is 38.1 Å². The quantitative estimate of drug-likeness (QED) is 0.452. The first kappa shape index (κ1) is 30.1. The molecule has 0 saturated heterocycles. The van der Waals surface area contributed by atoms with Crippen LogP contribution in [0.5, 0.6) is 0 Å². The summed E-state index contributed by atoms with van der Waals surface area (Å²) in [6.45, 7) is 6.97. The average Bonchev–Trinajstić information content (AvgIpc) is 2.54. The summed E-state index contributed by atoms with van der Waals surface area (Å²) in [6, 6.07) is 20.5. The van der Waals surface area contributed by atoms with Crippen LogP contribution in [0.1, 0.15) is 38.8 Å². The molecule has 8 heteroatoms. The lowest BCUT2D eigenvalue weighted by molar-refractivity contribution is -0.245. The van der Waals surface area contributed by atoms with Crippen LogP contribution in [0, 0.1) is 13.8 Å². The van der Waals surface area contributed by atoms with Gasteiger partial charge in [0, 0.05) is 0 Å². The zero-order valence-electron chi connectivity index (χ0n) is 17.9. The molecule has 0 atom stereocenters. The van der Waals surface area contributed by atoms with Gasteiger partial charge in [0.05, 0.1) is 0 Å². The van der Waals surface area contributed by atoms with Crippen LogP contribution in [0.3, 0.4) is 0 Å². The number of aliphatic hydroxyl groups is 2. The second kappa shape index (κ2) is 12.6. The van der Waals surface area contributed by atoms with E-state index in [9.17, 15) is 26.3 Å². The Bertz CT molecular complexity index is 582. The maximum absolute atomic E-state index is 11.3. The molecular weight excluding hydrogens is 410 g/mol. The van der Waals surface area contributed by atoms with Gasteiger partial charge in [-0.05, 0) is 41.5 Å². The monoisotopic (exact) mass is 440 g/mol. The number of hydrogen-bond donors (Lipinski definition) is 2. The fraction of sp³-hybridized carbons (Fsp3) is 0.455. The van der Waals surface area contributed by atoms with Gasteiger partial charge in [-0.2, -0.15) is 26.3 Å². The zero-order chi connectivity index (χ0) is 24.2. The highest BCUT2D eigenvalue weighted by molar-refractivity contribution is 5.12. The number of rotatable bonds is 0. The van der Waals surface area contributed by atoms with Gasteiger partial charge < -0.3 is 10.2 Å². The van der Waals surface area contributed by atoms with Crippen LogP contribution in [0.2, 0.25) is 0 Å². The SMILES string of the molecule is CC(C)(O)C(F)(F)F.CC(C)(O)C(F)(F)F.Cc1ccccc1.Cc1ccccc1. The molecule has 0 aliphatic carbocycles. The van der Waals surface area contributed by atoms with Gasteiger partial charge in [-0.3, -0.25) is 0 Å². The molecule has 0 radical (unpaired) electrons. The molecule has 0 aliphatic heterocycles. The standard InChI is InChI=1S/2C7H8.2C4H7F3O/c2*1-7-5-3-2-4-6-7;2*1-3(2,8)4(5,6)7/h2*2-6H,1H3;2*8H,1-2H3. The Kier molecular flexibility index (Phi) is 12.7. The molecule has 0 fully saturated rings. The summed E-state index contributed by atoms with van der Waals surface area (Å²) in [4.78, 5) is 0. The third-order valence-corrected chi connectivity index (χ3v) is 3.27. The van der Waals surface area contributed by atoms with E-state index in [0.29, 0.717) is 27.7 Å². The van der Waals surface area contributed by atoms with Crippen LogP contribution < -0.4 is 0 Å². The molecule has 0 amide bonds. The Balaban J connectivity index is 0. The van der Waals surface area contributed by atoms with Gasteiger partial charge in [0.25, 0.3) is 0 Å². The van der Waals surface area contributed by atoms with E-state index in [1.807, 2.05) is 36.4 Å². The molecule has 2 aromatic carbocycles. The van der Waals surface area contributed by atoms with Crippen LogP contribution in [0.4, 0.5) is 26.3 Å². The van der Waals surface area contributed by atoms with Crippen LogP contribution in [-0.2, 0) is 0 Å². The molecule has 0 unspecified atom stereocenters. The molecule has 2 nitrogen and oxygen atoms in total. The Morgan fingerprint density at radius 1 is 0.500 bits per heavy atom. The van der Waals surface area contributed by atoms with Crippen LogP contribution in [0.15, 0.2) is 60.7 Å². The van der Waals surface area contributed by atoms with E-state index in [-0.39, 0.29) is 0 Å². The van der Waals surface area contributed by atoms with Gasteiger partial charge in [0.2, 0.25) is 0 Å². The maximum atomic E-state index is 11.3. The molecule has 172 valence electrons. The predicted molar refractivity (Wildman–Crippen MR) is 107 cm³/mol. The molecule has 2 rings (SSSR count). The Labute approximate surface area is 174 Å². The third-order valence-electron chi connectivity index (χ3n) is 3.27. The molecule has 2 N–H and O–H groups in total. The molecule has 0 bridgehead atoms. The molecule has 0 aromatic heterocycles. The average molecular weight is 440 g/mol. The van der Waals surface area contributed by atoms with E-state index >= 15 is 0 Å². The lowest BCUT2D eigenvalue weighted by Gasteiger charge is -2.20. The van der Waals surface area contributed by atoms with Crippen molar-refractivity contribution in [2.24, 2.45) is 0 Å². The molecule has 2 aromatic rings. The van der Waals surface area contributed by atoms with E-state index < -0.39 is 23.6 Å². The van der Waals surface area contributed by atoms with Gasteiger partial charge in [0.1, 0.15) is 0 Å². The Morgan fingerprint density at radius 2 is 0.667 bits per heavy atom. The summed E-state index contributed by atoms with van der Waals surface area (Å²) in [6.07, 6.45) is -9.01. The lowest BCUT2D eigenvalue weighted by Crippen LogP contribution is -2.38. The van der Waals surface area contributed by atoms with Crippen molar-refractivity contribution in [1.82, 2.24) is 0 Å². The van der Waals surface area contributed by atoms with Crippen LogP contribution in [0.25, 0.3) is 0 Å². The normalized spacial score (nSPS) is 11.7. The highest BCUT2D eigenvalue weighted by atomic mass is 19.4. The van der Waals surface area contributed by atoms with Crippen molar-refractivity contribution in [2.45, 2.75) is 65.1 Å². The van der Waals surface area contributed by atoms with Crippen molar-refractivity contribution >= 4 is 0 Å². The minimum Gasteiger partial charge on any atom is -0.381 e. The first-order chi connectivity index (χ1) is 13.3. The van der Waals surface area contributed by atoms with Crippen molar-refractivity contribution in [1.29, 1.82) is 0 Å². The summed E-state index contributed by atoms with van der Waals surface area (Å²) < 4.78 is 67.9. The van der Waals surface area contributed by atoms with Gasteiger partial charge in [-0.1, -0.05) is 71.8 Å². The first-order valence-electron chi connectivity index (χ1n) is 8.90. The van der Waals surface area contributed by atoms with Crippen molar-refractivity contribution in [3.63, 3.8) is 0 Å². The summed E-state index contributed by atoms with van der Waals surface area (Å²) in [7, 11) is 0. The van der Waals surface area contributed by atoms with Gasteiger partial charge in [-0.25, -0.2) is 0 Å². The highest BCUT2D eigenvalue weighted by Gasteiger charge is 2.46. The molecule has 0 spiro atoms. The number of halogens is 6. The fourth-order valence-corrected chi connectivity index (χ4v) is 1.07. The van der Waals surface area contributed by atoms with Crippen LogP contribution in [-0.4, -0.2) is 33.8 Å². The number of alkyl halides is 6. The first-order valence-corrected chi connectivity index (χ1v) is 8.90. The van der Waals surface area contributed by atoms with Crippen molar-refractivity contribution in [3.8, 4) is 0 Å². The largest absolute Gasteiger partial charge is 0.416 e. The second-order valence-electron chi connectivity index (χ2n) is 7.42. The predicted octanol–water partition coefficient (Wildman–Crippen LogP) is 6.63. The molecule has 0 aliphatic rings. The van der Waals surface area contributed by atoms with Crippen molar-refractivity contribution in [2.75, 3.05) is 0 Å².